The molecule has 1 aliphatic rings. The third kappa shape index (κ3) is 3.05. The highest BCUT2D eigenvalue weighted by molar-refractivity contribution is 5.92. The molecule has 1 fully saturated rings. The SMILES string of the molecule is N#Cc1cccc(NC(=O)C2CCOCC2)c1. The predicted octanol–water partition coefficient (Wildman–Crippen LogP) is 1.92. The van der Waals surface area contributed by atoms with E-state index in [1.165, 1.54) is 0 Å². The molecule has 88 valence electrons. The lowest BCUT2D eigenvalue weighted by molar-refractivity contribution is -0.122. The van der Waals surface area contributed by atoms with Crippen molar-refractivity contribution in [2.45, 2.75) is 12.8 Å². The maximum absolute atomic E-state index is 11.9. The van der Waals surface area contributed by atoms with E-state index in [0.717, 1.165) is 12.8 Å². The summed E-state index contributed by atoms with van der Waals surface area (Å²) < 4.78 is 5.21. The van der Waals surface area contributed by atoms with Gasteiger partial charge in [0.05, 0.1) is 11.6 Å². The zero-order valence-electron chi connectivity index (χ0n) is 9.48. The first-order chi connectivity index (χ1) is 8.29. The van der Waals surface area contributed by atoms with Crippen LogP contribution in [0.3, 0.4) is 0 Å². The number of hydrogen-bond acceptors (Lipinski definition) is 3. The minimum absolute atomic E-state index is 0.0170. The molecule has 1 aromatic carbocycles. The highest BCUT2D eigenvalue weighted by atomic mass is 16.5. The summed E-state index contributed by atoms with van der Waals surface area (Å²) in [5.74, 6) is 0.0397. The Kier molecular flexibility index (Phi) is 3.73. The largest absolute Gasteiger partial charge is 0.381 e. The van der Waals surface area contributed by atoms with Gasteiger partial charge >= 0.3 is 0 Å². The zero-order chi connectivity index (χ0) is 12.1. The van der Waals surface area contributed by atoms with Crippen molar-refractivity contribution in [2.75, 3.05) is 18.5 Å². The number of carbonyl (C=O) groups excluding carboxylic acids is 1. The van der Waals surface area contributed by atoms with Crippen LogP contribution in [-0.2, 0) is 9.53 Å². The molecule has 0 aliphatic carbocycles. The number of hydrogen-bond donors (Lipinski definition) is 1. The fraction of sp³-hybridized carbons (Fsp3) is 0.385. The molecule has 17 heavy (non-hydrogen) atoms. The molecule has 0 aromatic heterocycles. The number of carbonyl (C=O) groups is 1. The van der Waals surface area contributed by atoms with Gasteiger partial charge in [0.25, 0.3) is 0 Å². The van der Waals surface area contributed by atoms with Crippen molar-refractivity contribution in [3.63, 3.8) is 0 Å². The summed E-state index contributed by atoms with van der Waals surface area (Å²) >= 11 is 0. The molecule has 0 radical (unpaired) electrons. The van der Waals surface area contributed by atoms with Crippen molar-refractivity contribution in [2.24, 2.45) is 5.92 Å². The van der Waals surface area contributed by atoms with E-state index in [1.54, 1.807) is 24.3 Å². The van der Waals surface area contributed by atoms with Crippen molar-refractivity contribution in [1.29, 1.82) is 5.26 Å². The van der Waals surface area contributed by atoms with Crippen molar-refractivity contribution in [3.05, 3.63) is 29.8 Å². The minimum atomic E-state index is 0.0170. The van der Waals surface area contributed by atoms with Crippen molar-refractivity contribution >= 4 is 11.6 Å². The summed E-state index contributed by atoms with van der Waals surface area (Å²) in [6.07, 6.45) is 1.54. The maximum Gasteiger partial charge on any atom is 0.227 e. The molecule has 0 saturated carbocycles. The summed E-state index contributed by atoms with van der Waals surface area (Å²) in [4.78, 5) is 11.9. The standard InChI is InChI=1S/C13H14N2O2/c14-9-10-2-1-3-12(8-10)15-13(16)11-4-6-17-7-5-11/h1-3,8,11H,4-7H2,(H,15,16). The molecule has 1 aromatic rings. The van der Waals surface area contributed by atoms with Crippen LogP contribution in [0.2, 0.25) is 0 Å². The molecular formula is C13H14N2O2. The van der Waals surface area contributed by atoms with Gasteiger partial charge in [0, 0.05) is 24.8 Å². The van der Waals surface area contributed by atoms with Crippen molar-refractivity contribution in [1.82, 2.24) is 0 Å². The third-order valence-corrected chi connectivity index (χ3v) is 2.85. The fourth-order valence-electron chi connectivity index (χ4n) is 1.87. The monoisotopic (exact) mass is 230 g/mol. The number of nitrogens with zero attached hydrogens (tertiary/aromatic N) is 1. The zero-order valence-corrected chi connectivity index (χ0v) is 9.48. The summed E-state index contributed by atoms with van der Waals surface area (Å²) in [5, 5.41) is 11.6. The Hall–Kier alpha value is -1.86. The van der Waals surface area contributed by atoms with Crippen molar-refractivity contribution in [3.8, 4) is 6.07 Å². The van der Waals surface area contributed by atoms with Gasteiger partial charge in [0.15, 0.2) is 0 Å². The van der Waals surface area contributed by atoms with Crippen LogP contribution in [-0.4, -0.2) is 19.1 Å². The number of nitrogens with one attached hydrogen (secondary N) is 1. The van der Waals surface area contributed by atoms with Gasteiger partial charge in [-0.05, 0) is 31.0 Å². The van der Waals surface area contributed by atoms with E-state index in [2.05, 4.69) is 5.32 Å². The van der Waals surface area contributed by atoms with Crippen LogP contribution in [0.1, 0.15) is 18.4 Å². The normalized spacial score (nSPS) is 16.2. The number of amides is 1. The first-order valence-corrected chi connectivity index (χ1v) is 5.68. The number of ether oxygens (including phenoxy) is 1. The second-order valence-corrected chi connectivity index (χ2v) is 4.07. The van der Waals surface area contributed by atoms with Gasteiger partial charge < -0.3 is 10.1 Å². The Balaban J connectivity index is 1.99. The van der Waals surface area contributed by atoms with Gasteiger partial charge in [-0.15, -0.1) is 0 Å². The maximum atomic E-state index is 11.9. The van der Waals surface area contributed by atoms with Gasteiger partial charge in [0.1, 0.15) is 0 Å². The molecule has 0 bridgehead atoms. The second-order valence-electron chi connectivity index (χ2n) is 4.07. The number of anilines is 1. The fourth-order valence-corrected chi connectivity index (χ4v) is 1.87. The molecule has 1 N–H and O–H groups in total. The first kappa shape index (κ1) is 11.6. The summed E-state index contributed by atoms with van der Waals surface area (Å²) in [5.41, 5.74) is 1.23. The molecule has 1 aliphatic heterocycles. The van der Waals surface area contributed by atoms with E-state index in [4.69, 9.17) is 10.00 Å². The second kappa shape index (κ2) is 5.46. The molecule has 0 atom stereocenters. The van der Waals surface area contributed by atoms with Crippen molar-refractivity contribution < 1.29 is 9.53 Å². The number of benzene rings is 1. The summed E-state index contributed by atoms with van der Waals surface area (Å²) in [6, 6.07) is 8.99. The molecular weight excluding hydrogens is 216 g/mol. The molecule has 1 saturated heterocycles. The smallest absolute Gasteiger partial charge is 0.227 e. The first-order valence-electron chi connectivity index (χ1n) is 5.68. The lowest BCUT2D eigenvalue weighted by Gasteiger charge is -2.21. The van der Waals surface area contributed by atoms with E-state index in [-0.39, 0.29) is 11.8 Å². The molecule has 1 amide bonds. The van der Waals surface area contributed by atoms with Crippen LogP contribution in [0, 0.1) is 17.2 Å². The van der Waals surface area contributed by atoms with Gasteiger partial charge in [-0.25, -0.2) is 0 Å². The third-order valence-electron chi connectivity index (χ3n) is 2.85. The highest BCUT2D eigenvalue weighted by Crippen LogP contribution is 2.18. The Morgan fingerprint density at radius 3 is 2.88 bits per heavy atom. The van der Waals surface area contributed by atoms with E-state index in [9.17, 15) is 4.79 Å². The lowest BCUT2D eigenvalue weighted by Crippen LogP contribution is -2.28. The van der Waals surface area contributed by atoms with Crippen LogP contribution in [0.15, 0.2) is 24.3 Å². The van der Waals surface area contributed by atoms with Crippen LogP contribution in [0.4, 0.5) is 5.69 Å². The van der Waals surface area contributed by atoms with E-state index in [0.29, 0.717) is 24.5 Å². The molecule has 2 rings (SSSR count). The van der Waals surface area contributed by atoms with Crippen LogP contribution >= 0.6 is 0 Å². The Labute approximate surface area is 100 Å². The summed E-state index contributed by atoms with van der Waals surface area (Å²) in [6.45, 7) is 1.30. The number of nitriles is 1. The lowest BCUT2D eigenvalue weighted by atomic mass is 9.99. The average Bonchev–Trinajstić information content (AvgIpc) is 2.40. The van der Waals surface area contributed by atoms with Gasteiger partial charge in [-0.3, -0.25) is 4.79 Å². The minimum Gasteiger partial charge on any atom is -0.381 e. The molecule has 0 unspecified atom stereocenters. The quantitative estimate of drug-likeness (QED) is 0.844. The topological polar surface area (TPSA) is 62.1 Å². The number of rotatable bonds is 2. The Bertz CT molecular complexity index is 445. The van der Waals surface area contributed by atoms with E-state index in [1.807, 2.05) is 6.07 Å². The van der Waals surface area contributed by atoms with Gasteiger partial charge in [-0.1, -0.05) is 6.07 Å². The average molecular weight is 230 g/mol. The van der Waals surface area contributed by atoms with Crippen LogP contribution < -0.4 is 5.32 Å². The van der Waals surface area contributed by atoms with E-state index >= 15 is 0 Å². The Morgan fingerprint density at radius 1 is 1.41 bits per heavy atom. The molecule has 1 heterocycles. The van der Waals surface area contributed by atoms with Gasteiger partial charge in [0.2, 0.25) is 5.91 Å². The van der Waals surface area contributed by atoms with Gasteiger partial charge in [-0.2, -0.15) is 5.26 Å². The Morgan fingerprint density at radius 2 is 2.18 bits per heavy atom. The predicted molar refractivity (Wildman–Crippen MR) is 63.3 cm³/mol. The highest BCUT2D eigenvalue weighted by Gasteiger charge is 2.21. The molecule has 0 spiro atoms. The summed E-state index contributed by atoms with van der Waals surface area (Å²) in [7, 11) is 0. The van der Waals surface area contributed by atoms with Crippen LogP contribution in [0.5, 0.6) is 0 Å². The van der Waals surface area contributed by atoms with Crippen LogP contribution in [0.25, 0.3) is 0 Å². The molecule has 4 heteroatoms. The van der Waals surface area contributed by atoms with E-state index < -0.39 is 0 Å². The molecule has 4 nitrogen and oxygen atoms in total.